The van der Waals surface area contributed by atoms with Gasteiger partial charge in [-0.2, -0.15) is 0 Å². The van der Waals surface area contributed by atoms with E-state index in [1.54, 1.807) is 0 Å². The summed E-state index contributed by atoms with van der Waals surface area (Å²) in [5, 5.41) is 0. The third-order valence-electron chi connectivity index (χ3n) is 5.61. The van der Waals surface area contributed by atoms with Crippen molar-refractivity contribution in [1.29, 1.82) is 0 Å². The maximum Gasteiger partial charge on any atom is 0.227 e. The molecule has 4 nitrogen and oxygen atoms in total. The Labute approximate surface area is 140 Å². The summed E-state index contributed by atoms with van der Waals surface area (Å²) in [5.41, 5.74) is -0.355. The molecular weight excluding hydrogens is 288 g/mol. The second-order valence-corrected chi connectivity index (χ2v) is 8.76. The first-order valence-electron chi connectivity index (χ1n) is 9.49. The van der Waals surface area contributed by atoms with Crippen molar-refractivity contribution in [3.05, 3.63) is 0 Å². The fraction of sp³-hybridized carbons (Fsp3) is 0.895. The monoisotopic (exact) mass is 320 g/mol. The molecule has 0 unspecified atom stereocenters. The molecule has 0 spiro atoms. The molecule has 0 aromatic rings. The van der Waals surface area contributed by atoms with Crippen LogP contribution in [0, 0.1) is 11.3 Å². The predicted octanol–water partition coefficient (Wildman–Crippen LogP) is 3.20. The smallest absolute Gasteiger partial charge is 0.227 e. The van der Waals surface area contributed by atoms with Gasteiger partial charge in [0.15, 0.2) is 0 Å². The van der Waals surface area contributed by atoms with Crippen LogP contribution in [0.25, 0.3) is 0 Å². The van der Waals surface area contributed by atoms with Crippen molar-refractivity contribution in [1.82, 2.24) is 9.80 Å². The van der Waals surface area contributed by atoms with Gasteiger partial charge in [0.1, 0.15) is 0 Å². The van der Waals surface area contributed by atoms with E-state index in [0.717, 1.165) is 19.4 Å². The molecule has 2 saturated carbocycles. The largest absolute Gasteiger partial charge is 0.341 e. The van der Waals surface area contributed by atoms with Gasteiger partial charge in [0.05, 0.1) is 5.92 Å². The van der Waals surface area contributed by atoms with E-state index in [4.69, 9.17) is 0 Å². The summed E-state index contributed by atoms with van der Waals surface area (Å²) in [6, 6.07) is 0.975. The van der Waals surface area contributed by atoms with Crippen LogP contribution in [0.3, 0.4) is 0 Å². The van der Waals surface area contributed by atoms with Crippen molar-refractivity contribution in [3.63, 3.8) is 0 Å². The van der Waals surface area contributed by atoms with Crippen molar-refractivity contribution >= 4 is 11.8 Å². The Hall–Kier alpha value is -1.06. The number of nitrogens with zero attached hydrogens (tertiary/aromatic N) is 2. The molecule has 1 saturated heterocycles. The summed E-state index contributed by atoms with van der Waals surface area (Å²) in [7, 11) is 0. The lowest BCUT2D eigenvalue weighted by molar-refractivity contribution is -0.146. The van der Waals surface area contributed by atoms with Crippen LogP contribution in [-0.4, -0.2) is 46.8 Å². The molecule has 1 heterocycles. The quantitative estimate of drug-likeness (QED) is 0.801. The van der Waals surface area contributed by atoms with E-state index in [9.17, 15) is 9.59 Å². The standard InChI is InChI=1S/C19H32N2O2/c1-19(2,3)18(23)20-12-6-7-14(13-20)17(22)21(16-10-11-16)15-8-4-5-9-15/h14-16H,4-13H2,1-3H3/t14-/m1/s1. The number of carbonyl (C=O) groups is 2. The van der Waals surface area contributed by atoms with Crippen molar-refractivity contribution < 1.29 is 9.59 Å². The molecule has 3 aliphatic rings. The molecule has 130 valence electrons. The first kappa shape index (κ1) is 16.8. The second-order valence-electron chi connectivity index (χ2n) is 8.76. The van der Waals surface area contributed by atoms with Crippen molar-refractivity contribution in [3.8, 4) is 0 Å². The Bertz CT molecular complexity index is 458. The summed E-state index contributed by atoms with van der Waals surface area (Å²) in [5.74, 6) is 0.552. The number of carbonyl (C=O) groups excluding carboxylic acids is 2. The predicted molar refractivity (Wildman–Crippen MR) is 90.9 cm³/mol. The molecule has 0 aromatic heterocycles. The van der Waals surface area contributed by atoms with Crippen LogP contribution in [0.15, 0.2) is 0 Å². The maximum absolute atomic E-state index is 13.2. The number of amides is 2. The molecule has 3 rings (SSSR count). The Morgan fingerprint density at radius 2 is 1.52 bits per heavy atom. The van der Waals surface area contributed by atoms with Crippen LogP contribution in [0.4, 0.5) is 0 Å². The van der Waals surface area contributed by atoms with Crippen molar-refractivity contribution in [2.75, 3.05) is 13.1 Å². The van der Waals surface area contributed by atoms with Gasteiger partial charge in [-0.25, -0.2) is 0 Å². The highest BCUT2D eigenvalue weighted by atomic mass is 16.2. The van der Waals surface area contributed by atoms with Gasteiger partial charge in [0.2, 0.25) is 11.8 Å². The third kappa shape index (κ3) is 3.72. The Morgan fingerprint density at radius 1 is 0.913 bits per heavy atom. The SMILES string of the molecule is CC(C)(C)C(=O)N1CCC[C@@H](C(=O)N(C2CCCC2)C2CC2)C1. The van der Waals surface area contributed by atoms with Gasteiger partial charge in [-0.3, -0.25) is 9.59 Å². The summed E-state index contributed by atoms with van der Waals surface area (Å²) >= 11 is 0. The summed E-state index contributed by atoms with van der Waals surface area (Å²) in [4.78, 5) is 29.9. The Kier molecular flexibility index (Phi) is 4.70. The molecule has 1 atom stereocenters. The molecule has 1 aliphatic heterocycles. The van der Waals surface area contributed by atoms with Gasteiger partial charge in [-0.15, -0.1) is 0 Å². The molecule has 0 N–H and O–H groups in total. The van der Waals surface area contributed by atoms with Crippen LogP contribution >= 0.6 is 0 Å². The van der Waals surface area contributed by atoms with Gasteiger partial charge in [-0.1, -0.05) is 33.6 Å². The number of hydrogen-bond donors (Lipinski definition) is 0. The molecule has 2 aliphatic carbocycles. The lowest BCUT2D eigenvalue weighted by Crippen LogP contribution is -2.51. The van der Waals surface area contributed by atoms with Crippen molar-refractivity contribution in [2.24, 2.45) is 11.3 Å². The zero-order valence-corrected chi connectivity index (χ0v) is 15.0. The van der Waals surface area contributed by atoms with E-state index in [-0.39, 0.29) is 17.2 Å². The Morgan fingerprint density at radius 3 is 2.09 bits per heavy atom. The normalized spacial score (nSPS) is 26.4. The average molecular weight is 320 g/mol. The zero-order valence-electron chi connectivity index (χ0n) is 15.0. The van der Waals surface area contributed by atoms with E-state index in [1.807, 2.05) is 25.7 Å². The minimum absolute atomic E-state index is 0.0243. The third-order valence-corrected chi connectivity index (χ3v) is 5.61. The lowest BCUT2D eigenvalue weighted by atomic mass is 9.90. The molecule has 0 radical (unpaired) electrons. The summed E-state index contributed by atoms with van der Waals surface area (Å²) < 4.78 is 0. The van der Waals surface area contributed by atoms with Crippen LogP contribution in [0.1, 0.15) is 72.1 Å². The minimum Gasteiger partial charge on any atom is -0.341 e. The first-order chi connectivity index (χ1) is 10.9. The van der Waals surface area contributed by atoms with Gasteiger partial charge >= 0.3 is 0 Å². The fourth-order valence-electron chi connectivity index (χ4n) is 4.24. The van der Waals surface area contributed by atoms with Crippen LogP contribution < -0.4 is 0 Å². The van der Waals surface area contributed by atoms with E-state index in [1.165, 1.54) is 38.5 Å². The van der Waals surface area contributed by atoms with Gasteiger partial charge in [0.25, 0.3) is 0 Å². The van der Waals surface area contributed by atoms with E-state index < -0.39 is 0 Å². The van der Waals surface area contributed by atoms with Gasteiger partial charge < -0.3 is 9.80 Å². The van der Waals surface area contributed by atoms with Crippen molar-refractivity contribution in [2.45, 2.75) is 84.2 Å². The average Bonchev–Trinajstić information content (AvgIpc) is 3.20. The van der Waals surface area contributed by atoms with E-state index in [2.05, 4.69) is 4.90 Å². The topological polar surface area (TPSA) is 40.6 Å². The van der Waals surface area contributed by atoms with Gasteiger partial charge in [-0.05, 0) is 38.5 Å². The number of rotatable bonds is 3. The first-order valence-corrected chi connectivity index (χ1v) is 9.49. The molecular formula is C19H32N2O2. The fourth-order valence-corrected chi connectivity index (χ4v) is 4.24. The number of likely N-dealkylation sites (tertiary alicyclic amines) is 1. The Balaban J connectivity index is 1.67. The molecule has 2 amide bonds. The molecule has 0 bridgehead atoms. The minimum atomic E-state index is -0.355. The maximum atomic E-state index is 13.2. The number of piperidine rings is 1. The van der Waals surface area contributed by atoms with E-state index in [0.29, 0.717) is 24.5 Å². The van der Waals surface area contributed by atoms with E-state index >= 15 is 0 Å². The second kappa shape index (κ2) is 6.45. The lowest BCUT2D eigenvalue weighted by Gasteiger charge is -2.39. The van der Waals surface area contributed by atoms with Crippen LogP contribution in [0.5, 0.6) is 0 Å². The van der Waals surface area contributed by atoms with Crippen LogP contribution in [-0.2, 0) is 9.59 Å². The van der Waals surface area contributed by atoms with Gasteiger partial charge in [0, 0.05) is 30.6 Å². The molecule has 23 heavy (non-hydrogen) atoms. The molecule has 0 aromatic carbocycles. The highest BCUT2D eigenvalue weighted by Gasteiger charge is 2.42. The molecule has 4 heteroatoms. The van der Waals surface area contributed by atoms with Crippen LogP contribution in [0.2, 0.25) is 0 Å². The number of hydrogen-bond acceptors (Lipinski definition) is 2. The zero-order chi connectivity index (χ0) is 16.6. The highest BCUT2D eigenvalue weighted by molar-refractivity contribution is 5.84. The summed E-state index contributed by atoms with van der Waals surface area (Å²) in [6.45, 7) is 7.35. The molecule has 3 fully saturated rings. The highest BCUT2D eigenvalue weighted by Crippen LogP contribution is 2.36. The summed E-state index contributed by atoms with van der Waals surface area (Å²) in [6.07, 6.45) is 9.16.